The fourth-order valence-corrected chi connectivity index (χ4v) is 3.89. The molecule has 1 aromatic heterocycles. The van der Waals surface area contributed by atoms with Gasteiger partial charge in [-0.1, -0.05) is 18.2 Å². The minimum atomic E-state index is -0.220. The third-order valence-corrected chi connectivity index (χ3v) is 5.86. The number of nitrogens with one attached hydrogen (secondary N) is 2. The topological polar surface area (TPSA) is 80.8 Å². The van der Waals surface area contributed by atoms with E-state index in [4.69, 9.17) is 0 Å². The number of carbonyl (C=O) groups is 2. The molecule has 2 aliphatic heterocycles. The molecule has 0 radical (unpaired) electrons. The third-order valence-electron chi connectivity index (χ3n) is 5.86. The molecule has 2 aliphatic rings. The summed E-state index contributed by atoms with van der Waals surface area (Å²) in [6, 6.07) is 11.6. The van der Waals surface area contributed by atoms with Crippen molar-refractivity contribution in [2.24, 2.45) is 0 Å². The van der Waals surface area contributed by atoms with Gasteiger partial charge in [-0.15, -0.1) is 0 Å². The van der Waals surface area contributed by atoms with Crippen molar-refractivity contribution < 1.29 is 9.59 Å². The molecule has 1 aromatic carbocycles. The Labute approximate surface area is 183 Å². The van der Waals surface area contributed by atoms with Crippen LogP contribution in [-0.2, 0) is 17.9 Å². The maximum atomic E-state index is 12.1. The number of pyridine rings is 1. The number of hydrogen-bond acceptors (Lipinski definition) is 5. The van der Waals surface area contributed by atoms with Crippen LogP contribution in [0.25, 0.3) is 0 Å². The van der Waals surface area contributed by atoms with Crippen LogP contribution < -0.4 is 20.4 Å². The Hall–Kier alpha value is -3.13. The van der Waals surface area contributed by atoms with Gasteiger partial charge < -0.3 is 25.3 Å². The molecule has 2 N–H and O–H groups in total. The lowest BCUT2D eigenvalue weighted by Gasteiger charge is -2.33. The van der Waals surface area contributed by atoms with Gasteiger partial charge in [-0.25, -0.2) is 9.78 Å². The molecule has 3 amide bonds. The molecule has 164 valence electrons. The van der Waals surface area contributed by atoms with E-state index in [1.807, 2.05) is 47.5 Å². The van der Waals surface area contributed by atoms with E-state index in [2.05, 4.69) is 32.5 Å². The number of aromatic nitrogens is 1. The number of amides is 3. The van der Waals surface area contributed by atoms with Crippen LogP contribution in [0.5, 0.6) is 0 Å². The maximum absolute atomic E-state index is 12.1. The normalized spacial score (nSPS) is 17.1. The number of piperazine rings is 1. The standard InChI is InChI=1S/C23H30N6O2/c1-27-11-13-28(14-12-27)21-9-6-19(16-24-21)17-26-23(31)25-15-18-4-7-20(8-5-18)29-10-2-3-22(29)30/h4-9,16H,2-3,10-15,17H2,1H3,(H2,25,26,31). The van der Waals surface area contributed by atoms with Gasteiger partial charge in [0.1, 0.15) is 5.82 Å². The highest BCUT2D eigenvalue weighted by Crippen LogP contribution is 2.21. The zero-order chi connectivity index (χ0) is 21.6. The van der Waals surface area contributed by atoms with Gasteiger partial charge in [0, 0.05) is 64.1 Å². The first-order valence-corrected chi connectivity index (χ1v) is 10.9. The van der Waals surface area contributed by atoms with Gasteiger partial charge in [-0.05, 0) is 42.8 Å². The Morgan fingerprint density at radius 1 is 0.935 bits per heavy atom. The number of carbonyl (C=O) groups excluding carboxylic acids is 2. The molecule has 2 saturated heterocycles. The van der Waals surface area contributed by atoms with E-state index >= 15 is 0 Å². The van der Waals surface area contributed by atoms with Crippen molar-refractivity contribution in [3.8, 4) is 0 Å². The maximum Gasteiger partial charge on any atom is 0.315 e. The van der Waals surface area contributed by atoms with Crippen molar-refractivity contribution in [3.05, 3.63) is 53.7 Å². The second-order valence-corrected chi connectivity index (χ2v) is 8.17. The van der Waals surface area contributed by atoms with E-state index in [0.29, 0.717) is 19.5 Å². The second kappa shape index (κ2) is 9.78. The van der Waals surface area contributed by atoms with Crippen LogP contribution in [0, 0.1) is 0 Å². The van der Waals surface area contributed by atoms with Gasteiger partial charge in [0.15, 0.2) is 0 Å². The van der Waals surface area contributed by atoms with Crippen molar-refractivity contribution in [3.63, 3.8) is 0 Å². The van der Waals surface area contributed by atoms with Gasteiger partial charge in [0.2, 0.25) is 5.91 Å². The molecular weight excluding hydrogens is 392 g/mol. The zero-order valence-corrected chi connectivity index (χ0v) is 18.0. The number of rotatable bonds is 6. The number of likely N-dealkylation sites (N-methyl/N-ethyl adjacent to an activating group) is 1. The molecule has 0 unspecified atom stereocenters. The highest BCUT2D eigenvalue weighted by Gasteiger charge is 2.21. The summed E-state index contributed by atoms with van der Waals surface area (Å²) in [5, 5.41) is 5.74. The number of hydrogen-bond donors (Lipinski definition) is 2. The van der Waals surface area contributed by atoms with Crippen LogP contribution >= 0.6 is 0 Å². The molecule has 3 heterocycles. The molecule has 2 fully saturated rings. The van der Waals surface area contributed by atoms with E-state index in [9.17, 15) is 9.59 Å². The monoisotopic (exact) mass is 422 g/mol. The number of nitrogens with zero attached hydrogens (tertiary/aromatic N) is 4. The lowest BCUT2D eigenvalue weighted by Crippen LogP contribution is -2.44. The largest absolute Gasteiger partial charge is 0.354 e. The molecule has 8 nitrogen and oxygen atoms in total. The molecule has 0 atom stereocenters. The minimum absolute atomic E-state index is 0.177. The summed E-state index contributed by atoms with van der Waals surface area (Å²) in [7, 11) is 2.14. The summed E-state index contributed by atoms with van der Waals surface area (Å²) in [6.07, 6.45) is 3.36. The van der Waals surface area contributed by atoms with Crippen molar-refractivity contribution >= 4 is 23.4 Å². The first kappa shape index (κ1) is 21.1. The van der Waals surface area contributed by atoms with E-state index in [0.717, 1.165) is 61.8 Å². The molecule has 0 saturated carbocycles. The van der Waals surface area contributed by atoms with Crippen LogP contribution in [0.3, 0.4) is 0 Å². The van der Waals surface area contributed by atoms with E-state index in [1.165, 1.54) is 0 Å². The van der Waals surface area contributed by atoms with Crippen molar-refractivity contribution in [2.75, 3.05) is 49.6 Å². The smallest absolute Gasteiger partial charge is 0.315 e. The van der Waals surface area contributed by atoms with E-state index in [1.54, 1.807) is 0 Å². The number of urea groups is 1. The molecular formula is C23H30N6O2. The summed E-state index contributed by atoms with van der Waals surface area (Å²) in [4.78, 5) is 34.9. The average Bonchev–Trinajstić information content (AvgIpc) is 3.23. The van der Waals surface area contributed by atoms with E-state index in [-0.39, 0.29) is 11.9 Å². The Morgan fingerprint density at radius 3 is 2.23 bits per heavy atom. The Morgan fingerprint density at radius 2 is 1.61 bits per heavy atom. The Kier molecular flexibility index (Phi) is 6.66. The quantitative estimate of drug-likeness (QED) is 0.744. The van der Waals surface area contributed by atoms with Gasteiger partial charge in [-0.3, -0.25) is 4.79 Å². The third kappa shape index (κ3) is 5.52. The Balaban J connectivity index is 1.20. The molecule has 8 heteroatoms. The van der Waals surface area contributed by atoms with Gasteiger partial charge >= 0.3 is 6.03 Å². The SMILES string of the molecule is CN1CCN(c2ccc(CNC(=O)NCc3ccc(N4CCCC4=O)cc3)cn2)CC1. The van der Waals surface area contributed by atoms with Crippen molar-refractivity contribution in [1.82, 2.24) is 20.5 Å². The van der Waals surface area contributed by atoms with Crippen LogP contribution in [-0.4, -0.2) is 61.6 Å². The van der Waals surface area contributed by atoms with Crippen molar-refractivity contribution in [1.29, 1.82) is 0 Å². The summed E-state index contributed by atoms with van der Waals surface area (Å²) >= 11 is 0. The molecule has 4 rings (SSSR count). The van der Waals surface area contributed by atoms with Gasteiger partial charge in [-0.2, -0.15) is 0 Å². The molecule has 0 aliphatic carbocycles. The lowest BCUT2D eigenvalue weighted by atomic mass is 10.2. The minimum Gasteiger partial charge on any atom is -0.354 e. The summed E-state index contributed by atoms with van der Waals surface area (Å²) in [6.45, 7) is 5.70. The highest BCUT2D eigenvalue weighted by molar-refractivity contribution is 5.95. The van der Waals surface area contributed by atoms with Crippen molar-refractivity contribution in [2.45, 2.75) is 25.9 Å². The summed E-state index contributed by atoms with van der Waals surface area (Å²) in [5.74, 6) is 1.16. The molecule has 0 bridgehead atoms. The molecule has 2 aromatic rings. The summed E-state index contributed by atoms with van der Waals surface area (Å²) < 4.78 is 0. The molecule has 31 heavy (non-hydrogen) atoms. The first-order chi connectivity index (χ1) is 15.1. The predicted octanol–water partition coefficient (Wildman–Crippen LogP) is 1.96. The zero-order valence-electron chi connectivity index (χ0n) is 18.0. The predicted molar refractivity (Wildman–Crippen MR) is 121 cm³/mol. The highest BCUT2D eigenvalue weighted by atomic mass is 16.2. The Bertz CT molecular complexity index is 891. The van der Waals surface area contributed by atoms with Gasteiger partial charge in [0.25, 0.3) is 0 Å². The number of anilines is 2. The average molecular weight is 423 g/mol. The second-order valence-electron chi connectivity index (χ2n) is 8.17. The number of benzene rings is 1. The van der Waals surface area contributed by atoms with Crippen LogP contribution in [0.1, 0.15) is 24.0 Å². The lowest BCUT2D eigenvalue weighted by molar-refractivity contribution is -0.117. The van der Waals surface area contributed by atoms with Gasteiger partial charge in [0.05, 0.1) is 0 Å². The fourth-order valence-electron chi connectivity index (χ4n) is 3.89. The fraction of sp³-hybridized carbons (Fsp3) is 0.435. The van der Waals surface area contributed by atoms with Crippen LogP contribution in [0.15, 0.2) is 42.6 Å². The van der Waals surface area contributed by atoms with Crippen LogP contribution in [0.2, 0.25) is 0 Å². The summed E-state index contributed by atoms with van der Waals surface area (Å²) in [5.41, 5.74) is 2.87. The molecule has 0 spiro atoms. The van der Waals surface area contributed by atoms with Crippen LogP contribution in [0.4, 0.5) is 16.3 Å². The first-order valence-electron chi connectivity index (χ1n) is 10.9. The van der Waals surface area contributed by atoms with E-state index < -0.39 is 0 Å².